The third-order valence-electron chi connectivity index (χ3n) is 2.87. The summed E-state index contributed by atoms with van der Waals surface area (Å²) in [6.45, 7) is 0. The Morgan fingerprint density at radius 1 is 0.800 bits per heavy atom. The van der Waals surface area contributed by atoms with Gasteiger partial charge in [-0.1, -0.05) is 48.5 Å². The fraction of sp³-hybridized carbons (Fsp3) is 0. The highest BCUT2D eigenvalue weighted by Crippen LogP contribution is 2.27. The van der Waals surface area contributed by atoms with Crippen molar-refractivity contribution in [2.45, 2.75) is 9.92 Å². The van der Waals surface area contributed by atoms with E-state index in [4.69, 9.17) is 0 Å². The van der Waals surface area contributed by atoms with Gasteiger partial charge < -0.3 is 0 Å². The summed E-state index contributed by atoms with van der Waals surface area (Å²) in [6, 6.07) is 17.3. The first kappa shape index (κ1) is 12.6. The Hall–Kier alpha value is -2.47. The van der Waals surface area contributed by atoms with Crippen molar-refractivity contribution in [1.29, 1.82) is 0 Å². The maximum atomic E-state index is 12.6. The predicted molar refractivity (Wildman–Crippen MR) is 73.7 cm³/mol. The van der Waals surface area contributed by atoms with Gasteiger partial charge in [-0.05, 0) is 12.1 Å². The van der Waals surface area contributed by atoms with Crippen molar-refractivity contribution >= 4 is 9.84 Å². The first-order chi connectivity index (χ1) is 9.69. The number of hydrogen-bond acceptors (Lipinski definition) is 4. The van der Waals surface area contributed by atoms with Crippen molar-refractivity contribution in [2.24, 2.45) is 0 Å². The number of benzene rings is 2. The molecule has 0 fully saturated rings. The Morgan fingerprint density at radius 3 is 2.05 bits per heavy atom. The monoisotopic (exact) mass is 285 g/mol. The van der Waals surface area contributed by atoms with Gasteiger partial charge in [-0.3, -0.25) is 0 Å². The zero-order chi connectivity index (χ0) is 14.0. The largest absolute Gasteiger partial charge is 0.227 e. The molecule has 5 nitrogen and oxygen atoms in total. The first-order valence-electron chi connectivity index (χ1n) is 5.96. The number of nitrogens with one attached hydrogen (secondary N) is 1. The van der Waals surface area contributed by atoms with Crippen LogP contribution in [0.2, 0.25) is 0 Å². The molecule has 0 radical (unpaired) electrons. The van der Waals surface area contributed by atoms with Gasteiger partial charge >= 0.3 is 0 Å². The zero-order valence-corrected chi connectivity index (χ0v) is 11.2. The molecule has 0 amide bonds. The van der Waals surface area contributed by atoms with Gasteiger partial charge in [-0.15, -0.1) is 5.10 Å². The van der Waals surface area contributed by atoms with Gasteiger partial charge in [0.2, 0.25) is 14.9 Å². The van der Waals surface area contributed by atoms with Crippen LogP contribution in [-0.4, -0.2) is 23.8 Å². The van der Waals surface area contributed by atoms with Crippen LogP contribution in [0.1, 0.15) is 0 Å². The fourth-order valence-electron chi connectivity index (χ4n) is 1.90. The van der Waals surface area contributed by atoms with Crippen LogP contribution >= 0.6 is 0 Å². The second kappa shape index (κ2) is 4.90. The van der Waals surface area contributed by atoms with E-state index in [0.29, 0.717) is 11.3 Å². The molecule has 0 saturated heterocycles. The van der Waals surface area contributed by atoms with Gasteiger partial charge in [0, 0.05) is 5.56 Å². The SMILES string of the molecule is O=S(=O)(c1ccccc1)c1n[nH]nc1-c1ccccc1. The number of sulfone groups is 1. The molecule has 20 heavy (non-hydrogen) atoms. The molecule has 3 rings (SSSR count). The standard InChI is InChI=1S/C14H11N3O2S/c18-20(19,12-9-5-2-6-10-12)14-13(15-17-16-14)11-7-3-1-4-8-11/h1-10H,(H,15,16,17). The van der Waals surface area contributed by atoms with Crippen LogP contribution in [0.15, 0.2) is 70.6 Å². The van der Waals surface area contributed by atoms with Crippen LogP contribution in [0.4, 0.5) is 0 Å². The van der Waals surface area contributed by atoms with Crippen LogP contribution in [0, 0.1) is 0 Å². The van der Waals surface area contributed by atoms with Crippen LogP contribution in [0.5, 0.6) is 0 Å². The lowest BCUT2D eigenvalue weighted by Crippen LogP contribution is -2.04. The van der Waals surface area contributed by atoms with Crippen molar-refractivity contribution in [3.8, 4) is 11.3 Å². The Bertz CT molecular complexity index is 812. The molecule has 0 spiro atoms. The average Bonchev–Trinajstić information content (AvgIpc) is 2.99. The van der Waals surface area contributed by atoms with Crippen LogP contribution < -0.4 is 0 Å². The van der Waals surface area contributed by atoms with Crippen LogP contribution in [0.25, 0.3) is 11.3 Å². The highest BCUT2D eigenvalue weighted by molar-refractivity contribution is 7.91. The minimum Gasteiger partial charge on any atom is -0.217 e. The minimum absolute atomic E-state index is 0.0603. The summed E-state index contributed by atoms with van der Waals surface area (Å²) in [5, 5.41) is 10.1. The second-order valence-electron chi connectivity index (χ2n) is 4.16. The topological polar surface area (TPSA) is 75.7 Å². The van der Waals surface area contributed by atoms with E-state index in [2.05, 4.69) is 15.4 Å². The molecular weight excluding hydrogens is 274 g/mol. The Kier molecular flexibility index (Phi) is 3.08. The van der Waals surface area contributed by atoms with Gasteiger partial charge in [-0.2, -0.15) is 10.3 Å². The number of aromatic nitrogens is 3. The molecule has 1 heterocycles. The lowest BCUT2D eigenvalue weighted by atomic mass is 10.2. The second-order valence-corrected chi connectivity index (χ2v) is 6.02. The molecule has 3 aromatic rings. The molecule has 1 N–H and O–H groups in total. The normalized spacial score (nSPS) is 11.4. The van der Waals surface area contributed by atoms with E-state index in [0.717, 1.165) is 0 Å². The van der Waals surface area contributed by atoms with E-state index in [1.807, 2.05) is 18.2 Å². The molecule has 2 aromatic carbocycles. The van der Waals surface area contributed by atoms with E-state index in [9.17, 15) is 8.42 Å². The summed E-state index contributed by atoms with van der Waals surface area (Å²) in [4.78, 5) is 0.200. The van der Waals surface area contributed by atoms with E-state index >= 15 is 0 Å². The summed E-state index contributed by atoms with van der Waals surface area (Å²) in [6.07, 6.45) is 0. The Labute approximate surface area is 116 Å². The molecule has 0 aliphatic carbocycles. The minimum atomic E-state index is -3.68. The maximum absolute atomic E-state index is 12.6. The summed E-state index contributed by atoms with van der Waals surface area (Å²) >= 11 is 0. The summed E-state index contributed by atoms with van der Waals surface area (Å²) in [5.74, 6) is 0. The fourth-order valence-corrected chi connectivity index (χ4v) is 3.22. The van der Waals surface area contributed by atoms with Crippen molar-refractivity contribution in [1.82, 2.24) is 15.4 Å². The summed E-state index contributed by atoms with van der Waals surface area (Å²) in [7, 11) is -3.68. The van der Waals surface area contributed by atoms with Crippen LogP contribution in [0.3, 0.4) is 0 Å². The smallest absolute Gasteiger partial charge is 0.217 e. The Balaban J connectivity index is 2.16. The third kappa shape index (κ3) is 2.10. The molecule has 0 unspecified atom stereocenters. The number of aromatic amines is 1. The van der Waals surface area contributed by atoms with Gasteiger partial charge in [0.05, 0.1) is 4.90 Å². The van der Waals surface area contributed by atoms with Crippen molar-refractivity contribution in [3.05, 3.63) is 60.7 Å². The van der Waals surface area contributed by atoms with E-state index < -0.39 is 9.84 Å². The van der Waals surface area contributed by atoms with E-state index in [1.165, 1.54) is 0 Å². The molecule has 6 heteroatoms. The molecule has 0 aliphatic heterocycles. The van der Waals surface area contributed by atoms with Crippen molar-refractivity contribution in [3.63, 3.8) is 0 Å². The lowest BCUT2D eigenvalue weighted by molar-refractivity contribution is 0.592. The first-order valence-corrected chi connectivity index (χ1v) is 7.44. The third-order valence-corrected chi connectivity index (χ3v) is 4.56. The van der Waals surface area contributed by atoms with E-state index in [1.54, 1.807) is 42.5 Å². The average molecular weight is 285 g/mol. The molecular formula is C14H11N3O2S. The predicted octanol–water partition coefficient (Wildman–Crippen LogP) is 2.30. The molecule has 0 saturated carbocycles. The van der Waals surface area contributed by atoms with Gasteiger partial charge in [0.1, 0.15) is 5.69 Å². The quantitative estimate of drug-likeness (QED) is 0.801. The van der Waals surface area contributed by atoms with Crippen LogP contribution in [-0.2, 0) is 9.84 Å². The highest BCUT2D eigenvalue weighted by atomic mass is 32.2. The number of hydrogen-bond donors (Lipinski definition) is 1. The van der Waals surface area contributed by atoms with Gasteiger partial charge in [0.25, 0.3) is 0 Å². The zero-order valence-electron chi connectivity index (χ0n) is 10.4. The molecule has 0 aliphatic rings. The lowest BCUT2D eigenvalue weighted by Gasteiger charge is -2.03. The highest BCUT2D eigenvalue weighted by Gasteiger charge is 2.25. The summed E-state index contributed by atoms with van der Waals surface area (Å²) < 4.78 is 25.1. The molecule has 100 valence electrons. The van der Waals surface area contributed by atoms with E-state index in [-0.39, 0.29) is 9.92 Å². The van der Waals surface area contributed by atoms with Crippen molar-refractivity contribution < 1.29 is 8.42 Å². The van der Waals surface area contributed by atoms with Crippen molar-refractivity contribution in [2.75, 3.05) is 0 Å². The number of nitrogens with zero attached hydrogens (tertiary/aromatic N) is 2. The Morgan fingerprint density at radius 2 is 1.40 bits per heavy atom. The number of H-pyrrole nitrogens is 1. The van der Waals surface area contributed by atoms with Gasteiger partial charge in [-0.25, -0.2) is 8.42 Å². The summed E-state index contributed by atoms with van der Waals surface area (Å²) in [5.41, 5.74) is 1.03. The molecule has 1 aromatic heterocycles. The molecule has 0 atom stereocenters. The van der Waals surface area contributed by atoms with Gasteiger partial charge in [0.15, 0.2) is 0 Å². The molecule has 0 bridgehead atoms. The maximum Gasteiger partial charge on any atom is 0.227 e. The number of rotatable bonds is 3.